The van der Waals surface area contributed by atoms with Gasteiger partial charge in [-0.15, -0.1) is 0 Å². The number of para-hydroxylation sites is 1. The van der Waals surface area contributed by atoms with Crippen molar-refractivity contribution in [3.05, 3.63) is 30.3 Å². The number of amides is 4. The third kappa shape index (κ3) is 2.63. The largest absolute Gasteiger partial charge is 0.335 e. The molecule has 18 heavy (non-hydrogen) atoms. The molecule has 89 valence electrons. The van der Waals surface area contributed by atoms with Gasteiger partial charge in [0, 0.05) is 29.6 Å². The predicted molar refractivity (Wildman–Crippen MR) is 67.0 cm³/mol. The molecule has 1 radical (unpaired) electrons. The summed E-state index contributed by atoms with van der Waals surface area (Å²) in [7, 11) is 0. The van der Waals surface area contributed by atoms with E-state index in [1.807, 2.05) is 0 Å². The molecule has 1 N–H and O–H groups in total. The quantitative estimate of drug-likeness (QED) is 0.631. The molecule has 0 aromatic heterocycles. The fourth-order valence-electron chi connectivity index (χ4n) is 1.80. The van der Waals surface area contributed by atoms with Crippen LogP contribution in [0.25, 0.3) is 0 Å². The molecule has 5 nitrogen and oxygen atoms in total. The van der Waals surface area contributed by atoms with Crippen molar-refractivity contribution in [2.75, 3.05) is 4.90 Å². The van der Waals surface area contributed by atoms with Crippen molar-refractivity contribution in [1.29, 1.82) is 0 Å². The molecule has 1 aromatic carbocycles. The number of urea groups is 1. The first-order chi connectivity index (χ1) is 8.15. The van der Waals surface area contributed by atoms with Crippen LogP contribution in [0.4, 0.5) is 10.5 Å². The molecule has 0 saturated carbocycles. The van der Waals surface area contributed by atoms with E-state index in [9.17, 15) is 14.4 Å². The molecule has 2 rings (SSSR count). The molecule has 0 spiro atoms. The van der Waals surface area contributed by atoms with Gasteiger partial charge < -0.3 is 0 Å². The second-order valence-corrected chi connectivity index (χ2v) is 3.76. The molecule has 1 fully saturated rings. The second kappa shape index (κ2) is 6.13. The van der Waals surface area contributed by atoms with Crippen LogP contribution in [0.2, 0.25) is 0 Å². The Hall–Kier alpha value is -1.17. The van der Waals surface area contributed by atoms with Crippen molar-refractivity contribution in [3.8, 4) is 0 Å². The number of nitrogens with zero attached hydrogens (tertiary/aromatic N) is 1. The van der Waals surface area contributed by atoms with E-state index >= 15 is 0 Å². The Kier molecular flexibility index (Phi) is 5.07. The van der Waals surface area contributed by atoms with Crippen LogP contribution in [0.1, 0.15) is 13.3 Å². The van der Waals surface area contributed by atoms with Gasteiger partial charge in [-0.05, 0) is 18.6 Å². The van der Waals surface area contributed by atoms with Crippen molar-refractivity contribution in [2.24, 2.45) is 5.92 Å². The Morgan fingerprint density at radius 3 is 2.33 bits per heavy atom. The third-order valence-corrected chi connectivity index (χ3v) is 2.69. The van der Waals surface area contributed by atoms with E-state index in [1.165, 1.54) is 0 Å². The Balaban J connectivity index is 0.00000162. The number of anilines is 1. The smallest absolute Gasteiger partial charge is 0.277 e. The fraction of sp³-hybridized carbons (Fsp3) is 0.250. The van der Waals surface area contributed by atoms with E-state index in [0.29, 0.717) is 12.1 Å². The summed E-state index contributed by atoms with van der Waals surface area (Å²) in [6.07, 6.45) is 0.376. The van der Waals surface area contributed by atoms with Gasteiger partial charge in [0.25, 0.3) is 0 Å². The SMILES string of the molecule is CCC1C(=O)NC(=O)N(c2ccccc2)C1=O.[Na]. The molecule has 1 aromatic rings. The molecule has 4 amide bonds. The zero-order valence-electron chi connectivity index (χ0n) is 10.3. The fourth-order valence-corrected chi connectivity index (χ4v) is 1.80. The van der Waals surface area contributed by atoms with Crippen LogP contribution in [0, 0.1) is 5.92 Å². The molecule has 0 aliphatic carbocycles. The molecule has 1 atom stereocenters. The zero-order chi connectivity index (χ0) is 12.4. The van der Waals surface area contributed by atoms with Crippen molar-refractivity contribution < 1.29 is 14.4 Å². The number of hydrogen-bond acceptors (Lipinski definition) is 3. The van der Waals surface area contributed by atoms with E-state index in [2.05, 4.69) is 5.32 Å². The summed E-state index contributed by atoms with van der Waals surface area (Å²) in [5.41, 5.74) is 0.473. The minimum Gasteiger partial charge on any atom is -0.277 e. The first-order valence-electron chi connectivity index (χ1n) is 5.39. The molecule has 1 heterocycles. The number of rotatable bonds is 2. The molecule has 1 aliphatic rings. The maximum absolute atomic E-state index is 12.0. The minimum absolute atomic E-state index is 0. The van der Waals surface area contributed by atoms with E-state index < -0.39 is 23.8 Å². The summed E-state index contributed by atoms with van der Waals surface area (Å²) in [5.74, 6) is -1.77. The average Bonchev–Trinajstić information content (AvgIpc) is 2.30. The van der Waals surface area contributed by atoms with Gasteiger partial charge in [0.05, 0.1) is 5.69 Å². The summed E-state index contributed by atoms with van der Waals surface area (Å²) >= 11 is 0. The van der Waals surface area contributed by atoms with Crippen LogP contribution < -0.4 is 10.2 Å². The third-order valence-electron chi connectivity index (χ3n) is 2.69. The molecular formula is C12H12N2NaO3. The number of hydrogen-bond donors (Lipinski definition) is 1. The maximum atomic E-state index is 12.0. The van der Waals surface area contributed by atoms with Gasteiger partial charge in [0.1, 0.15) is 5.92 Å². The molecule has 6 heteroatoms. The van der Waals surface area contributed by atoms with Crippen LogP contribution in [-0.2, 0) is 9.59 Å². The van der Waals surface area contributed by atoms with Crippen LogP contribution in [0.3, 0.4) is 0 Å². The van der Waals surface area contributed by atoms with E-state index in [4.69, 9.17) is 0 Å². The molecule has 1 saturated heterocycles. The van der Waals surface area contributed by atoms with Gasteiger partial charge in [0.15, 0.2) is 0 Å². The van der Waals surface area contributed by atoms with Gasteiger partial charge in [-0.1, -0.05) is 25.1 Å². The Bertz CT molecular complexity index is 475. The van der Waals surface area contributed by atoms with Gasteiger partial charge in [-0.2, -0.15) is 0 Å². The molecular weight excluding hydrogens is 243 g/mol. The average molecular weight is 255 g/mol. The molecule has 1 unspecified atom stereocenters. The van der Waals surface area contributed by atoms with E-state index in [1.54, 1.807) is 37.3 Å². The number of carbonyl (C=O) groups is 3. The number of barbiturate groups is 1. The van der Waals surface area contributed by atoms with E-state index in [-0.39, 0.29) is 29.6 Å². The number of imide groups is 2. The van der Waals surface area contributed by atoms with Gasteiger partial charge in [-0.3, -0.25) is 14.9 Å². The molecule has 1 aliphatic heterocycles. The number of nitrogens with one attached hydrogen (secondary N) is 1. The van der Waals surface area contributed by atoms with Crippen LogP contribution in [-0.4, -0.2) is 47.4 Å². The Labute approximate surface area is 127 Å². The predicted octanol–water partition coefficient (Wildman–Crippen LogP) is 0.915. The summed E-state index contributed by atoms with van der Waals surface area (Å²) < 4.78 is 0. The molecule has 0 bridgehead atoms. The second-order valence-electron chi connectivity index (χ2n) is 3.76. The van der Waals surface area contributed by atoms with Gasteiger partial charge in [-0.25, -0.2) is 9.69 Å². The minimum atomic E-state index is -0.784. The summed E-state index contributed by atoms with van der Waals surface area (Å²) in [4.78, 5) is 36.1. The van der Waals surface area contributed by atoms with Gasteiger partial charge in [0.2, 0.25) is 11.8 Å². The van der Waals surface area contributed by atoms with Crippen LogP contribution >= 0.6 is 0 Å². The normalized spacial score (nSPS) is 19.3. The summed E-state index contributed by atoms with van der Waals surface area (Å²) in [6, 6.07) is 7.87. The number of benzene rings is 1. The van der Waals surface area contributed by atoms with E-state index in [0.717, 1.165) is 4.90 Å². The first kappa shape index (κ1) is 14.9. The zero-order valence-corrected chi connectivity index (χ0v) is 12.3. The summed E-state index contributed by atoms with van der Waals surface area (Å²) in [5, 5.41) is 2.19. The van der Waals surface area contributed by atoms with Crippen LogP contribution in [0.5, 0.6) is 0 Å². The standard InChI is InChI=1S/C12H12N2O3.Na/c1-2-9-10(15)13-12(17)14(11(9)16)8-6-4-3-5-7-8;/h3-7,9H,2H2,1H3,(H,13,15,17);. The van der Waals surface area contributed by atoms with Crippen molar-refractivity contribution in [1.82, 2.24) is 5.32 Å². The first-order valence-corrected chi connectivity index (χ1v) is 5.39. The summed E-state index contributed by atoms with van der Waals surface area (Å²) in [6.45, 7) is 1.74. The maximum Gasteiger partial charge on any atom is 0.335 e. The topological polar surface area (TPSA) is 66.5 Å². The van der Waals surface area contributed by atoms with Crippen molar-refractivity contribution >= 4 is 53.1 Å². The Morgan fingerprint density at radius 2 is 1.78 bits per heavy atom. The van der Waals surface area contributed by atoms with Crippen molar-refractivity contribution in [2.45, 2.75) is 13.3 Å². The van der Waals surface area contributed by atoms with Gasteiger partial charge >= 0.3 is 6.03 Å². The monoisotopic (exact) mass is 255 g/mol. The van der Waals surface area contributed by atoms with Crippen LogP contribution in [0.15, 0.2) is 30.3 Å². The van der Waals surface area contributed by atoms with Crippen molar-refractivity contribution in [3.63, 3.8) is 0 Å². The number of carbonyl (C=O) groups excluding carboxylic acids is 3. The Morgan fingerprint density at radius 1 is 1.17 bits per heavy atom.